The molecule has 1 saturated carbocycles. The summed E-state index contributed by atoms with van der Waals surface area (Å²) in [6.07, 6.45) is 6.68. The summed E-state index contributed by atoms with van der Waals surface area (Å²) >= 11 is 0. The fourth-order valence-corrected chi connectivity index (χ4v) is 4.11. The molecule has 1 amide bonds. The molecule has 0 bridgehead atoms. The minimum atomic E-state index is -0.131. The first-order valence-electron chi connectivity index (χ1n) is 9.44. The van der Waals surface area contributed by atoms with Crippen LogP contribution in [-0.4, -0.2) is 77.0 Å². The number of carbonyl (C=O) groups excluding carboxylic acids is 1. The van der Waals surface area contributed by atoms with E-state index in [0.717, 1.165) is 45.2 Å². The van der Waals surface area contributed by atoms with Crippen molar-refractivity contribution < 1.29 is 9.53 Å². The highest BCUT2D eigenvalue weighted by Gasteiger charge is 2.50. The number of aromatic nitrogens is 2. The number of hydrogen-bond acceptors (Lipinski definition) is 5. The summed E-state index contributed by atoms with van der Waals surface area (Å²) < 4.78 is 8.16. The number of nitrogens with one attached hydrogen (secondary N) is 1. The first kappa shape index (κ1) is 17.0. The van der Waals surface area contributed by atoms with Crippen LogP contribution in [0.2, 0.25) is 0 Å². The quantitative estimate of drug-likeness (QED) is 0.803. The second-order valence-corrected chi connectivity index (χ2v) is 7.85. The van der Waals surface area contributed by atoms with Crippen LogP contribution in [0.15, 0.2) is 12.4 Å². The van der Waals surface area contributed by atoms with Gasteiger partial charge in [-0.3, -0.25) is 19.3 Å². The zero-order chi connectivity index (χ0) is 17.4. The Morgan fingerprint density at radius 3 is 2.84 bits per heavy atom. The fourth-order valence-electron chi connectivity index (χ4n) is 4.11. The molecule has 3 fully saturated rings. The fraction of sp³-hybridized carbons (Fsp3) is 0.778. The van der Waals surface area contributed by atoms with Gasteiger partial charge in [-0.2, -0.15) is 5.10 Å². The van der Waals surface area contributed by atoms with Gasteiger partial charge in [0, 0.05) is 58.1 Å². The van der Waals surface area contributed by atoms with Crippen LogP contribution >= 0.6 is 0 Å². The Morgan fingerprint density at radius 2 is 2.20 bits per heavy atom. The highest BCUT2D eigenvalue weighted by Crippen LogP contribution is 2.36. The zero-order valence-electron chi connectivity index (χ0n) is 15.3. The molecule has 138 valence electrons. The number of hydrogen-bond donors (Lipinski definition) is 1. The average Bonchev–Trinajstić information content (AvgIpc) is 3.28. The van der Waals surface area contributed by atoms with E-state index in [4.69, 9.17) is 4.74 Å². The molecule has 1 aliphatic carbocycles. The molecule has 0 unspecified atom stereocenters. The van der Waals surface area contributed by atoms with E-state index in [9.17, 15) is 4.79 Å². The second-order valence-electron chi connectivity index (χ2n) is 7.85. The van der Waals surface area contributed by atoms with E-state index in [1.807, 2.05) is 10.9 Å². The monoisotopic (exact) mass is 347 g/mol. The number of amides is 1. The van der Waals surface area contributed by atoms with Gasteiger partial charge < -0.3 is 10.1 Å². The molecule has 1 aromatic heterocycles. The maximum absolute atomic E-state index is 12.2. The molecule has 3 aliphatic rings. The topological polar surface area (TPSA) is 62.6 Å². The van der Waals surface area contributed by atoms with Gasteiger partial charge in [-0.15, -0.1) is 0 Å². The van der Waals surface area contributed by atoms with Crippen LogP contribution in [0.5, 0.6) is 0 Å². The molecular formula is C18H29N5O2. The van der Waals surface area contributed by atoms with E-state index < -0.39 is 0 Å². The summed E-state index contributed by atoms with van der Waals surface area (Å²) in [4.78, 5) is 17.0. The van der Waals surface area contributed by atoms with Gasteiger partial charge in [-0.1, -0.05) is 0 Å². The smallest absolute Gasteiger partial charge is 0.239 e. The predicted molar refractivity (Wildman–Crippen MR) is 94.0 cm³/mol. The largest absolute Gasteiger partial charge is 0.369 e. The van der Waals surface area contributed by atoms with E-state index in [1.165, 1.54) is 18.4 Å². The van der Waals surface area contributed by atoms with Crippen molar-refractivity contribution in [3.8, 4) is 0 Å². The minimum absolute atomic E-state index is 0.0821. The van der Waals surface area contributed by atoms with Crippen LogP contribution in [0.25, 0.3) is 0 Å². The molecule has 0 aromatic carbocycles. The highest BCUT2D eigenvalue weighted by molar-refractivity contribution is 5.81. The number of ether oxygens (including phenoxy) is 1. The van der Waals surface area contributed by atoms with Gasteiger partial charge in [0.25, 0.3) is 0 Å². The van der Waals surface area contributed by atoms with Crippen LogP contribution in [-0.2, 0) is 22.6 Å². The molecule has 2 aliphatic heterocycles. The molecule has 4 rings (SSSR count). The molecule has 25 heavy (non-hydrogen) atoms. The Balaban J connectivity index is 1.34. The van der Waals surface area contributed by atoms with E-state index in [-0.39, 0.29) is 17.6 Å². The third kappa shape index (κ3) is 3.59. The van der Waals surface area contributed by atoms with E-state index in [0.29, 0.717) is 6.61 Å². The predicted octanol–water partition coefficient (Wildman–Crippen LogP) is 0.314. The molecule has 1 aromatic rings. The summed E-state index contributed by atoms with van der Waals surface area (Å²) in [6, 6.07) is -0.131. The lowest BCUT2D eigenvalue weighted by atomic mass is 9.90. The van der Waals surface area contributed by atoms with E-state index in [1.54, 1.807) is 7.05 Å². The maximum atomic E-state index is 12.2. The Morgan fingerprint density at radius 1 is 1.40 bits per heavy atom. The first-order valence-corrected chi connectivity index (χ1v) is 9.44. The SMILES string of the molecule is CCn1cc(CN2CC3(C2)CN(CC2CC2)[C@@H](C(=O)NC)CO3)cn1. The van der Waals surface area contributed by atoms with Crippen molar-refractivity contribution in [3.63, 3.8) is 0 Å². The third-order valence-corrected chi connectivity index (χ3v) is 5.66. The molecule has 1 atom stereocenters. The van der Waals surface area contributed by atoms with Crippen molar-refractivity contribution in [3.05, 3.63) is 18.0 Å². The Labute approximate surface area is 149 Å². The maximum Gasteiger partial charge on any atom is 0.239 e. The lowest BCUT2D eigenvalue weighted by molar-refractivity contribution is -0.203. The lowest BCUT2D eigenvalue weighted by Crippen LogP contribution is -2.72. The molecule has 7 nitrogen and oxygen atoms in total. The number of carbonyl (C=O) groups is 1. The Kier molecular flexibility index (Phi) is 4.56. The van der Waals surface area contributed by atoms with Gasteiger partial charge in [0.05, 0.1) is 12.8 Å². The van der Waals surface area contributed by atoms with Crippen molar-refractivity contribution in [2.24, 2.45) is 5.92 Å². The normalized spacial score (nSPS) is 26.6. The number of morpholine rings is 1. The molecule has 2 saturated heterocycles. The number of nitrogens with zero attached hydrogens (tertiary/aromatic N) is 4. The van der Waals surface area contributed by atoms with Crippen molar-refractivity contribution in [1.29, 1.82) is 0 Å². The van der Waals surface area contributed by atoms with E-state index in [2.05, 4.69) is 33.3 Å². The van der Waals surface area contributed by atoms with Crippen LogP contribution < -0.4 is 5.32 Å². The van der Waals surface area contributed by atoms with Gasteiger partial charge >= 0.3 is 0 Å². The summed E-state index contributed by atoms with van der Waals surface area (Å²) in [5.41, 5.74) is 1.16. The molecule has 3 heterocycles. The van der Waals surface area contributed by atoms with Gasteiger partial charge in [-0.25, -0.2) is 0 Å². The van der Waals surface area contributed by atoms with Crippen LogP contribution in [0.3, 0.4) is 0 Å². The molecule has 1 spiro atoms. The van der Waals surface area contributed by atoms with Crippen LogP contribution in [0.1, 0.15) is 25.3 Å². The average molecular weight is 347 g/mol. The van der Waals surface area contributed by atoms with Gasteiger partial charge in [0.15, 0.2) is 0 Å². The third-order valence-electron chi connectivity index (χ3n) is 5.66. The van der Waals surface area contributed by atoms with Crippen LogP contribution in [0.4, 0.5) is 0 Å². The summed E-state index contributed by atoms with van der Waals surface area (Å²) in [7, 11) is 1.71. The minimum Gasteiger partial charge on any atom is -0.369 e. The number of aryl methyl sites for hydroxylation is 1. The number of rotatable bonds is 6. The Hall–Kier alpha value is -1.44. The van der Waals surface area contributed by atoms with Crippen molar-refractivity contribution in [2.45, 2.75) is 44.5 Å². The molecule has 1 N–H and O–H groups in total. The summed E-state index contributed by atoms with van der Waals surface area (Å²) in [5, 5.41) is 7.14. The van der Waals surface area contributed by atoms with Gasteiger partial charge in [0.1, 0.15) is 11.6 Å². The van der Waals surface area contributed by atoms with Crippen molar-refractivity contribution >= 4 is 5.91 Å². The summed E-state index contributed by atoms with van der Waals surface area (Å²) in [6.45, 7) is 8.21. The number of likely N-dealkylation sites (N-methyl/N-ethyl adjacent to an activating group) is 1. The van der Waals surface area contributed by atoms with Gasteiger partial charge in [-0.05, 0) is 25.7 Å². The molecule has 0 radical (unpaired) electrons. The zero-order valence-corrected chi connectivity index (χ0v) is 15.3. The van der Waals surface area contributed by atoms with Crippen molar-refractivity contribution in [1.82, 2.24) is 24.9 Å². The highest BCUT2D eigenvalue weighted by atomic mass is 16.5. The Bertz CT molecular complexity index is 621. The second kappa shape index (κ2) is 6.70. The van der Waals surface area contributed by atoms with Crippen molar-refractivity contribution in [2.75, 3.05) is 39.8 Å². The van der Waals surface area contributed by atoms with Crippen LogP contribution in [0, 0.1) is 5.92 Å². The first-order chi connectivity index (χ1) is 12.1. The van der Waals surface area contributed by atoms with Gasteiger partial charge in [0.2, 0.25) is 5.91 Å². The molecule has 7 heteroatoms. The van der Waals surface area contributed by atoms with E-state index >= 15 is 0 Å². The number of likely N-dealkylation sites (tertiary alicyclic amines) is 1. The molecular weight excluding hydrogens is 318 g/mol. The lowest BCUT2D eigenvalue weighted by Gasteiger charge is -2.55. The standard InChI is InChI=1S/C18H29N5O2/c1-3-23-9-15(6-20-23)7-21-11-18(12-21)13-22(8-14-4-5-14)16(10-25-18)17(24)19-2/h6,9,14,16H,3-5,7-8,10-13H2,1-2H3,(H,19,24)/t16-/m1/s1. The summed E-state index contributed by atoms with van der Waals surface area (Å²) in [5.74, 6) is 0.858.